The lowest BCUT2D eigenvalue weighted by molar-refractivity contribution is -0.274. The van der Waals surface area contributed by atoms with Gasteiger partial charge in [0.25, 0.3) is 0 Å². The number of thioether (sulfide) groups is 1. The van der Waals surface area contributed by atoms with Gasteiger partial charge in [-0.15, -0.1) is 24.9 Å². The quantitative estimate of drug-likeness (QED) is 0.764. The number of anilines is 1. The van der Waals surface area contributed by atoms with Crippen LogP contribution < -0.4 is 10.1 Å². The zero-order chi connectivity index (χ0) is 17.5. The summed E-state index contributed by atoms with van der Waals surface area (Å²) in [5, 5.41) is 2.02. The number of ether oxygens (including phenoxy) is 2. The van der Waals surface area contributed by atoms with E-state index in [1.54, 1.807) is 13.8 Å². The van der Waals surface area contributed by atoms with Crippen LogP contribution in [0.2, 0.25) is 0 Å². The maximum Gasteiger partial charge on any atom is 0.573 e. The predicted molar refractivity (Wildman–Crippen MR) is 80.3 cm³/mol. The summed E-state index contributed by atoms with van der Waals surface area (Å²) in [7, 11) is 0. The van der Waals surface area contributed by atoms with Gasteiger partial charge in [0.05, 0.1) is 17.6 Å². The molecule has 1 amide bonds. The van der Waals surface area contributed by atoms with Crippen molar-refractivity contribution in [1.29, 1.82) is 0 Å². The van der Waals surface area contributed by atoms with E-state index in [9.17, 15) is 22.8 Å². The van der Waals surface area contributed by atoms with Crippen molar-refractivity contribution < 1.29 is 32.2 Å². The van der Waals surface area contributed by atoms with E-state index in [2.05, 4.69) is 10.1 Å². The number of hydrogen-bond acceptors (Lipinski definition) is 5. The molecule has 1 atom stereocenters. The Hall–Kier alpha value is -1.90. The lowest BCUT2D eigenvalue weighted by Crippen LogP contribution is -2.24. The maximum atomic E-state index is 12.0. The third-order valence-corrected chi connectivity index (χ3v) is 3.60. The van der Waals surface area contributed by atoms with E-state index < -0.39 is 17.6 Å². The van der Waals surface area contributed by atoms with Crippen molar-refractivity contribution in [3.05, 3.63) is 24.3 Å². The van der Waals surface area contributed by atoms with Gasteiger partial charge < -0.3 is 14.8 Å². The molecule has 0 aliphatic rings. The van der Waals surface area contributed by atoms with Gasteiger partial charge in [-0.05, 0) is 38.1 Å². The molecule has 0 saturated carbocycles. The second kappa shape index (κ2) is 8.66. The van der Waals surface area contributed by atoms with Crippen LogP contribution in [0.1, 0.15) is 13.8 Å². The Morgan fingerprint density at radius 3 is 2.39 bits per heavy atom. The van der Waals surface area contributed by atoms with Gasteiger partial charge in [-0.2, -0.15) is 0 Å². The second-order valence-corrected chi connectivity index (χ2v) is 5.65. The van der Waals surface area contributed by atoms with Crippen molar-refractivity contribution in [3.8, 4) is 5.75 Å². The second-order valence-electron chi connectivity index (χ2n) is 4.32. The SMILES string of the molecule is CCOC(=O)CS[C@@H](C)C(=O)Nc1ccc(OC(F)(F)F)cc1. The van der Waals surface area contributed by atoms with E-state index in [4.69, 9.17) is 4.74 Å². The van der Waals surface area contributed by atoms with Crippen LogP contribution in [0.5, 0.6) is 5.75 Å². The fourth-order valence-electron chi connectivity index (χ4n) is 1.46. The highest BCUT2D eigenvalue weighted by atomic mass is 32.2. The fourth-order valence-corrected chi connectivity index (χ4v) is 2.13. The van der Waals surface area contributed by atoms with E-state index in [1.807, 2.05) is 0 Å². The van der Waals surface area contributed by atoms with Gasteiger partial charge in [-0.25, -0.2) is 0 Å². The molecule has 0 bridgehead atoms. The smallest absolute Gasteiger partial charge is 0.465 e. The Labute approximate surface area is 135 Å². The first-order valence-electron chi connectivity index (χ1n) is 6.65. The number of amides is 1. The molecule has 0 heterocycles. The van der Waals surface area contributed by atoms with Gasteiger partial charge in [0.2, 0.25) is 5.91 Å². The molecule has 0 aliphatic heterocycles. The Balaban J connectivity index is 2.48. The molecule has 0 unspecified atom stereocenters. The van der Waals surface area contributed by atoms with E-state index in [0.717, 1.165) is 23.9 Å². The number of carbonyl (C=O) groups excluding carboxylic acids is 2. The first-order chi connectivity index (χ1) is 10.7. The lowest BCUT2D eigenvalue weighted by Gasteiger charge is -2.12. The van der Waals surface area contributed by atoms with Gasteiger partial charge in [0, 0.05) is 5.69 Å². The molecule has 5 nitrogen and oxygen atoms in total. The Bertz CT molecular complexity index is 534. The van der Waals surface area contributed by atoms with Crippen LogP contribution in [0.3, 0.4) is 0 Å². The van der Waals surface area contributed by atoms with Crippen molar-refractivity contribution in [2.45, 2.75) is 25.5 Å². The molecule has 1 aromatic rings. The van der Waals surface area contributed by atoms with Crippen LogP contribution in [0, 0.1) is 0 Å². The van der Waals surface area contributed by atoms with Crippen LogP contribution in [0.4, 0.5) is 18.9 Å². The van der Waals surface area contributed by atoms with Crippen molar-refractivity contribution in [2.24, 2.45) is 0 Å². The van der Waals surface area contributed by atoms with Gasteiger partial charge in [-0.3, -0.25) is 9.59 Å². The summed E-state index contributed by atoms with van der Waals surface area (Å²) in [5.74, 6) is -1.12. The fraction of sp³-hybridized carbons (Fsp3) is 0.429. The number of alkyl halides is 3. The van der Waals surface area contributed by atoms with Gasteiger partial charge in [0.1, 0.15) is 5.75 Å². The molecular weight excluding hydrogens is 335 g/mol. The van der Waals surface area contributed by atoms with E-state index >= 15 is 0 Å². The first-order valence-corrected chi connectivity index (χ1v) is 7.70. The average Bonchev–Trinajstić information content (AvgIpc) is 2.45. The molecule has 0 fully saturated rings. The zero-order valence-corrected chi connectivity index (χ0v) is 13.3. The van der Waals surface area contributed by atoms with E-state index in [-0.39, 0.29) is 24.0 Å². The summed E-state index contributed by atoms with van der Waals surface area (Å²) in [5.41, 5.74) is 0.327. The van der Waals surface area contributed by atoms with Crippen molar-refractivity contribution in [1.82, 2.24) is 0 Å². The Kier molecular flexibility index (Phi) is 7.21. The molecule has 23 heavy (non-hydrogen) atoms. The first kappa shape index (κ1) is 19.1. The topological polar surface area (TPSA) is 64.6 Å². The molecule has 1 N–H and O–H groups in total. The minimum Gasteiger partial charge on any atom is -0.465 e. The highest BCUT2D eigenvalue weighted by Gasteiger charge is 2.31. The van der Waals surface area contributed by atoms with Gasteiger partial charge in [0.15, 0.2) is 0 Å². The van der Waals surface area contributed by atoms with Crippen LogP contribution in [0.15, 0.2) is 24.3 Å². The van der Waals surface area contributed by atoms with E-state index in [0.29, 0.717) is 5.69 Å². The number of halogens is 3. The van der Waals surface area contributed by atoms with Gasteiger partial charge in [-0.1, -0.05) is 0 Å². The summed E-state index contributed by atoms with van der Waals surface area (Å²) in [6.45, 7) is 3.57. The van der Waals surface area contributed by atoms with Crippen LogP contribution in [-0.2, 0) is 14.3 Å². The molecule has 0 radical (unpaired) electrons. The molecular formula is C14H16F3NO4S. The number of benzene rings is 1. The molecule has 1 rings (SSSR count). The van der Waals surface area contributed by atoms with Crippen LogP contribution in [0.25, 0.3) is 0 Å². The monoisotopic (exact) mass is 351 g/mol. The highest BCUT2D eigenvalue weighted by Crippen LogP contribution is 2.24. The number of rotatable bonds is 7. The van der Waals surface area contributed by atoms with Gasteiger partial charge >= 0.3 is 12.3 Å². The molecule has 1 aromatic carbocycles. The van der Waals surface area contributed by atoms with Crippen molar-refractivity contribution in [3.63, 3.8) is 0 Å². The van der Waals surface area contributed by atoms with Crippen molar-refractivity contribution in [2.75, 3.05) is 17.7 Å². The average molecular weight is 351 g/mol. The highest BCUT2D eigenvalue weighted by molar-refractivity contribution is 8.01. The number of esters is 1. The zero-order valence-electron chi connectivity index (χ0n) is 12.5. The summed E-state index contributed by atoms with van der Waals surface area (Å²) in [4.78, 5) is 23.1. The summed E-state index contributed by atoms with van der Waals surface area (Å²) in [6, 6.07) is 4.78. The maximum absolute atomic E-state index is 12.0. The van der Waals surface area contributed by atoms with Crippen LogP contribution in [-0.4, -0.2) is 35.8 Å². The molecule has 0 saturated heterocycles. The minimum atomic E-state index is -4.76. The normalized spacial score (nSPS) is 12.4. The Morgan fingerprint density at radius 1 is 1.26 bits per heavy atom. The summed E-state index contributed by atoms with van der Waals surface area (Å²) in [6.07, 6.45) is -4.76. The van der Waals surface area contributed by atoms with Crippen LogP contribution >= 0.6 is 11.8 Å². The predicted octanol–water partition coefficient (Wildman–Crippen LogP) is 3.21. The summed E-state index contributed by atoms with van der Waals surface area (Å²) >= 11 is 1.10. The standard InChI is InChI=1S/C14H16F3NO4S/c1-3-21-12(19)8-23-9(2)13(20)18-10-4-6-11(7-5-10)22-14(15,16)17/h4-7,9H,3,8H2,1-2H3,(H,18,20)/t9-/m0/s1. The molecule has 0 aliphatic carbocycles. The molecule has 0 aromatic heterocycles. The number of nitrogens with one attached hydrogen (secondary N) is 1. The third kappa shape index (κ3) is 7.78. The molecule has 0 spiro atoms. The number of hydrogen-bond donors (Lipinski definition) is 1. The van der Waals surface area contributed by atoms with E-state index in [1.165, 1.54) is 12.1 Å². The Morgan fingerprint density at radius 2 is 1.87 bits per heavy atom. The lowest BCUT2D eigenvalue weighted by atomic mass is 10.3. The van der Waals surface area contributed by atoms with Crippen molar-refractivity contribution >= 4 is 29.3 Å². The molecule has 128 valence electrons. The minimum absolute atomic E-state index is 0.0424. The summed E-state index contributed by atoms with van der Waals surface area (Å²) < 4.78 is 44.6. The largest absolute Gasteiger partial charge is 0.573 e. The number of carbonyl (C=O) groups is 2. The third-order valence-electron chi connectivity index (χ3n) is 2.48. The molecule has 9 heteroatoms.